The molecule has 44 heavy (non-hydrogen) atoms. The van der Waals surface area contributed by atoms with E-state index in [0.717, 1.165) is 35.4 Å². The van der Waals surface area contributed by atoms with Crippen LogP contribution in [0.2, 0.25) is 0 Å². The molecule has 8 heteroatoms. The zero-order valence-corrected chi connectivity index (χ0v) is 24.9. The number of carbonyl (C=O) groups excluding carboxylic acids is 2. The van der Waals surface area contributed by atoms with Crippen LogP contribution in [0.25, 0.3) is 6.08 Å². The van der Waals surface area contributed by atoms with Crippen molar-refractivity contribution in [1.29, 1.82) is 0 Å². The second-order valence-electron chi connectivity index (χ2n) is 11.6. The van der Waals surface area contributed by atoms with Gasteiger partial charge in [0.15, 0.2) is 0 Å². The second kappa shape index (κ2) is 14.0. The lowest BCUT2D eigenvalue weighted by Gasteiger charge is -2.36. The number of anilines is 3. The van der Waals surface area contributed by atoms with E-state index in [0.29, 0.717) is 29.7 Å². The number of benzene rings is 3. The van der Waals surface area contributed by atoms with E-state index in [9.17, 15) is 30.0 Å². The first kappa shape index (κ1) is 31.2. The summed E-state index contributed by atoms with van der Waals surface area (Å²) in [6.07, 6.45) is 3.77. The molecule has 0 unspecified atom stereocenters. The molecule has 1 saturated heterocycles. The van der Waals surface area contributed by atoms with Gasteiger partial charge in [-0.3, -0.25) is 14.5 Å². The average molecular weight is 597 g/mol. The summed E-state index contributed by atoms with van der Waals surface area (Å²) in [5, 5.41) is 45.4. The van der Waals surface area contributed by atoms with Gasteiger partial charge in [-0.2, -0.15) is 0 Å². The van der Waals surface area contributed by atoms with Crippen LogP contribution in [0.5, 0.6) is 5.75 Å². The maximum Gasteiger partial charge on any atom is 0.238 e. The number of aliphatic hydroxyl groups excluding tert-OH is 3. The van der Waals surface area contributed by atoms with Crippen molar-refractivity contribution < 1.29 is 30.0 Å². The SMILES string of the molecule is CCC/C(=C\c1cccc(O)c1)CC[C@@H](O)C1=C(CO)C[C@H]2C(=O)N(c3ccc(Nc4ccccc4)cc3)C(=O)[C@H]2[C@H]1CO. The molecule has 3 aromatic carbocycles. The number of carbonyl (C=O) groups is 2. The van der Waals surface area contributed by atoms with Crippen molar-refractivity contribution in [2.45, 2.75) is 45.1 Å². The van der Waals surface area contributed by atoms with E-state index >= 15 is 0 Å². The number of hydrogen-bond donors (Lipinski definition) is 5. The maximum absolute atomic E-state index is 13.8. The molecule has 2 amide bonds. The quantitative estimate of drug-likeness (QED) is 0.137. The number of rotatable bonds is 12. The Morgan fingerprint density at radius 1 is 0.955 bits per heavy atom. The van der Waals surface area contributed by atoms with Crippen LogP contribution in [-0.4, -0.2) is 51.6 Å². The third kappa shape index (κ3) is 6.63. The smallest absolute Gasteiger partial charge is 0.238 e. The van der Waals surface area contributed by atoms with E-state index in [2.05, 4.69) is 12.2 Å². The summed E-state index contributed by atoms with van der Waals surface area (Å²) in [4.78, 5) is 28.6. The van der Waals surface area contributed by atoms with Crippen LogP contribution in [0.1, 0.15) is 44.6 Å². The van der Waals surface area contributed by atoms with Crippen molar-refractivity contribution in [2.24, 2.45) is 17.8 Å². The third-order valence-electron chi connectivity index (χ3n) is 8.67. The minimum absolute atomic E-state index is 0.153. The van der Waals surface area contributed by atoms with Gasteiger partial charge in [-0.15, -0.1) is 0 Å². The number of phenolic OH excluding ortho intramolecular Hbond substituents is 1. The van der Waals surface area contributed by atoms with Gasteiger partial charge < -0.3 is 25.7 Å². The Morgan fingerprint density at radius 3 is 2.34 bits per heavy atom. The van der Waals surface area contributed by atoms with Crippen LogP contribution in [0.3, 0.4) is 0 Å². The molecule has 1 heterocycles. The molecule has 5 N–H and O–H groups in total. The molecule has 1 aliphatic heterocycles. The van der Waals surface area contributed by atoms with Crippen LogP contribution in [0.15, 0.2) is 95.6 Å². The number of allylic oxidation sites excluding steroid dienone is 1. The molecular weight excluding hydrogens is 556 g/mol. The Labute approximate surface area is 258 Å². The number of nitrogens with one attached hydrogen (secondary N) is 1. The van der Waals surface area contributed by atoms with Gasteiger partial charge in [0, 0.05) is 17.3 Å². The van der Waals surface area contributed by atoms with Crippen LogP contribution >= 0.6 is 0 Å². The predicted octanol–water partition coefficient (Wildman–Crippen LogP) is 5.57. The number of fused-ring (bicyclic) bond motifs is 1. The van der Waals surface area contributed by atoms with Crippen molar-refractivity contribution >= 4 is 35.0 Å². The fraction of sp³-hybridized carbons (Fsp3) is 0.333. The number of imide groups is 1. The zero-order chi connectivity index (χ0) is 31.2. The average Bonchev–Trinajstić information content (AvgIpc) is 3.28. The molecule has 0 aromatic heterocycles. The number of amides is 2. The highest BCUT2D eigenvalue weighted by Crippen LogP contribution is 2.47. The number of nitrogens with zero attached hydrogens (tertiary/aromatic N) is 1. The third-order valence-corrected chi connectivity index (χ3v) is 8.67. The fourth-order valence-corrected chi connectivity index (χ4v) is 6.66. The summed E-state index contributed by atoms with van der Waals surface area (Å²) in [5.41, 5.74) is 5.10. The number of phenols is 1. The molecule has 8 nitrogen and oxygen atoms in total. The van der Waals surface area contributed by atoms with Crippen molar-refractivity contribution in [3.05, 3.63) is 101 Å². The number of aromatic hydroxyl groups is 1. The first-order chi connectivity index (χ1) is 21.3. The van der Waals surface area contributed by atoms with Gasteiger partial charge >= 0.3 is 0 Å². The monoisotopic (exact) mass is 596 g/mol. The van der Waals surface area contributed by atoms with Gasteiger partial charge in [-0.05, 0) is 90.9 Å². The zero-order valence-electron chi connectivity index (χ0n) is 24.9. The van der Waals surface area contributed by atoms with E-state index in [4.69, 9.17) is 0 Å². The molecular formula is C36H40N2O6. The van der Waals surface area contributed by atoms with Gasteiger partial charge in [0.2, 0.25) is 11.8 Å². The minimum atomic E-state index is -1.00. The summed E-state index contributed by atoms with van der Waals surface area (Å²) >= 11 is 0. The lowest BCUT2D eigenvalue weighted by Crippen LogP contribution is -2.39. The molecule has 0 spiro atoms. The van der Waals surface area contributed by atoms with Gasteiger partial charge in [-0.1, -0.05) is 55.3 Å². The van der Waals surface area contributed by atoms with Gasteiger partial charge in [-0.25, -0.2) is 0 Å². The number of aliphatic hydroxyl groups is 3. The molecule has 0 radical (unpaired) electrons. The van der Waals surface area contributed by atoms with Crippen LogP contribution in [-0.2, 0) is 9.59 Å². The molecule has 2 aliphatic rings. The van der Waals surface area contributed by atoms with E-state index in [-0.39, 0.29) is 24.7 Å². The predicted molar refractivity (Wildman–Crippen MR) is 171 cm³/mol. The summed E-state index contributed by atoms with van der Waals surface area (Å²) in [6, 6.07) is 23.7. The Bertz CT molecular complexity index is 1530. The Morgan fingerprint density at radius 2 is 1.68 bits per heavy atom. The number of para-hydroxylation sites is 1. The highest BCUT2D eigenvalue weighted by Gasteiger charge is 2.55. The number of hydrogen-bond acceptors (Lipinski definition) is 7. The molecule has 0 saturated carbocycles. The minimum Gasteiger partial charge on any atom is -0.508 e. The molecule has 1 aliphatic carbocycles. The second-order valence-corrected chi connectivity index (χ2v) is 11.6. The van der Waals surface area contributed by atoms with Crippen LogP contribution < -0.4 is 10.2 Å². The van der Waals surface area contributed by atoms with Crippen molar-refractivity contribution in [3.8, 4) is 5.75 Å². The molecule has 1 fully saturated rings. The molecule has 3 aromatic rings. The largest absolute Gasteiger partial charge is 0.508 e. The maximum atomic E-state index is 13.8. The Hall–Kier alpha value is -4.24. The van der Waals surface area contributed by atoms with Crippen molar-refractivity contribution in [2.75, 3.05) is 23.4 Å². The summed E-state index contributed by atoms with van der Waals surface area (Å²) in [7, 11) is 0. The Kier molecular flexibility index (Phi) is 9.95. The van der Waals surface area contributed by atoms with Gasteiger partial charge in [0.25, 0.3) is 0 Å². The van der Waals surface area contributed by atoms with Gasteiger partial charge in [0.1, 0.15) is 5.75 Å². The van der Waals surface area contributed by atoms with Crippen molar-refractivity contribution in [1.82, 2.24) is 0 Å². The van der Waals surface area contributed by atoms with E-state index in [1.165, 1.54) is 4.90 Å². The first-order valence-electron chi connectivity index (χ1n) is 15.2. The normalized spacial score (nSPS) is 21.0. The standard InChI is InChI=1S/C36H40N2O6/c1-2-7-23(18-24-8-6-11-29(41)19-24)12-17-32(42)33-25(21-39)20-30-34(31(33)22-40)36(44)38(35(30)43)28-15-13-27(14-16-28)37-26-9-4-3-5-10-26/h3-6,8-11,13-16,18-19,30-32,34,37,39-42H,2,7,12,17,20-22H2,1H3/b23-18+/t30-,31+,32-,34-/m1/s1. The molecule has 230 valence electrons. The van der Waals surface area contributed by atoms with E-state index in [1.54, 1.807) is 42.5 Å². The molecule has 4 atom stereocenters. The van der Waals surface area contributed by atoms with Crippen LogP contribution in [0, 0.1) is 17.8 Å². The van der Waals surface area contributed by atoms with E-state index in [1.807, 2.05) is 42.5 Å². The summed E-state index contributed by atoms with van der Waals surface area (Å²) < 4.78 is 0. The fourth-order valence-electron chi connectivity index (χ4n) is 6.66. The van der Waals surface area contributed by atoms with Gasteiger partial charge in [0.05, 0.1) is 36.8 Å². The molecule has 0 bridgehead atoms. The lowest BCUT2D eigenvalue weighted by atomic mass is 9.68. The highest BCUT2D eigenvalue weighted by atomic mass is 16.3. The summed E-state index contributed by atoms with van der Waals surface area (Å²) in [6.45, 7) is 1.28. The summed E-state index contributed by atoms with van der Waals surface area (Å²) in [5.74, 6) is -2.91. The van der Waals surface area contributed by atoms with Crippen molar-refractivity contribution in [3.63, 3.8) is 0 Å². The highest BCUT2D eigenvalue weighted by molar-refractivity contribution is 6.22. The molecule has 5 rings (SSSR count). The lowest BCUT2D eigenvalue weighted by molar-refractivity contribution is -0.123. The van der Waals surface area contributed by atoms with Crippen LogP contribution in [0.4, 0.5) is 17.1 Å². The topological polar surface area (TPSA) is 130 Å². The Balaban J connectivity index is 1.34. The first-order valence-corrected chi connectivity index (χ1v) is 15.2. The van der Waals surface area contributed by atoms with E-state index < -0.39 is 36.4 Å².